The third-order valence-electron chi connectivity index (χ3n) is 2.66. The first-order chi connectivity index (χ1) is 9.88. The van der Waals surface area contributed by atoms with Crippen molar-refractivity contribution in [1.29, 1.82) is 0 Å². The number of hydrogen-bond donors (Lipinski definition) is 2. The van der Waals surface area contributed by atoms with Crippen LogP contribution in [0.1, 0.15) is 10.4 Å². The molecule has 0 radical (unpaired) electrons. The van der Waals surface area contributed by atoms with Crippen LogP contribution in [0.4, 0.5) is 25.8 Å². The zero-order valence-corrected chi connectivity index (χ0v) is 10.5. The highest BCUT2D eigenvalue weighted by Gasteiger charge is 2.15. The van der Waals surface area contributed by atoms with Crippen molar-refractivity contribution in [2.45, 2.75) is 0 Å². The van der Waals surface area contributed by atoms with E-state index in [0.717, 1.165) is 24.3 Å². The lowest BCUT2D eigenvalue weighted by Gasteiger charge is -2.06. The molecule has 0 atom stereocenters. The molecule has 8 heteroatoms. The van der Waals surface area contributed by atoms with Crippen molar-refractivity contribution in [3.8, 4) is 0 Å². The number of amides is 1. The number of rotatable bonds is 3. The average molecular weight is 293 g/mol. The molecule has 108 valence electrons. The van der Waals surface area contributed by atoms with Gasteiger partial charge in [-0.15, -0.1) is 0 Å². The number of nitro benzene ring substituents is 1. The lowest BCUT2D eigenvalue weighted by atomic mass is 10.1. The van der Waals surface area contributed by atoms with E-state index in [4.69, 9.17) is 5.73 Å². The molecule has 0 aliphatic rings. The Morgan fingerprint density at radius 1 is 1.14 bits per heavy atom. The molecule has 2 rings (SSSR count). The topological polar surface area (TPSA) is 98.3 Å². The van der Waals surface area contributed by atoms with Gasteiger partial charge in [0, 0.05) is 23.4 Å². The van der Waals surface area contributed by atoms with Gasteiger partial charge in [-0.2, -0.15) is 0 Å². The van der Waals surface area contributed by atoms with Crippen molar-refractivity contribution < 1.29 is 18.5 Å². The Morgan fingerprint density at radius 3 is 2.43 bits per heavy atom. The second-order valence-corrected chi connectivity index (χ2v) is 4.11. The van der Waals surface area contributed by atoms with Crippen LogP contribution in [0.5, 0.6) is 0 Å². The van der Waals surface area contributed by atoms with Crippen LogP contribution in [0.3, 0.4) is 0 Å². The molecule has 0 aromatic heterocycles. The van der Waals surface area contributed by atoms with E-state index < -0.39 is 22.5 Å². The predicted octanol–water partition coefficient (Wildman–Crippen LogP) is 2.71. The molecule has 21 heavy (non-hydrogen) atoms. The van der Waals surface area contributed by atoms with E-state index >= 15 is 0 Å². The second-order valence-electron chi connectivity index (χ2n) is 4.11. The number of hydrogen-bond acceptors (Lipinski definition) is 4. The Hall–Kier alpha value is -3.03. The standard InChI is InChI=1S/C13H9F2N3O3/c14-9-3-2-8(6-10(9)15)17-13(19)7-1-4-12(18(20)21)11(16)5-7/h1-6H,16H2,(H,17,19). The third kappa shape index (κ3) is 3.11. The van der Waals surface area contributed by atoms with Gasteiger partial charge in [-0.1, -0.05) is 0 Å². The SMILES string of the molecule is Nc1cc(C(=O)Nc2ccc(F)c(F)c2)ccc1[N+](=O)[O-]. The van der Waals surface area contributed by atoms with Crippen LogP contribution in [0.15, 0.2) is 36.4 Å². The van der Waals surface area contributed by atoms with Crippen molar-refractivity contribution in [3.63, 3.8) is 0 Å². The number of halogens is 2. The number of benzene rings is 2. The fraction of sp³-hybridized carbons (Fsp3) is 0. The molecule has 6 nitrogen and oxygen atoms in total. The Bertz CT molecular complexity index is 735. The molecule has 0 saturated heterocycles. The van der Waals surface area contributed by atoms with E-state index in [2.05, 4.69) is 5.32 Å². The molecule has 0 unspecified atom stereocenters. The maximum Gasteiger partial charge on any atom is 0.292 e. The number of carbonyl (C=O) groups is 1. The van der Waals surface area contributed by atoms with Crippen LogP contribution in [0.2, 0.25) is 0 Å². The van der Waals surface area contributed by atoms with Crippen molar-refractivity contribution >= 4 is 23.0 Å². The molecule has 0 bridgehead atoms. The maximum atomic E-state index is 13.0. The van der Waals surface area contributed by atoms with E-state index in [9.17, 15) is 23.7 Å². The smallest absolute Gasteiger partial charge is 0.292 e. The normalized spacial score (nSPS) is 10.2. The summed E-state index contributed by atoms with van der Waals surface area (Å²) in [6.45, 7) is 0. The molecule has 2 aromatic rings. The highest BCUT2D eigenvalue weighted by atomic mass is 19.2. The molecule has 0 fully saturated rings. The molecule has 0 saturated carbocycles. The van der Waals surface area contributed by atoms with Crippen LogP contribution < -0.4 is 11.1 Å². The molecule has 0 aliphatic heterocycles. The maximum absolute atomic E-state index is 13.0. The van der Waals surface area contributed by atoms with E-state index in [1.807, 2.05) is 0 Å². The second kappa shape index (κ2) is 5.53. The van der Waals surface area contributed by atoms with Crippen LogP contribution in [-0.4, -0.2) is 10.8 Å². The van der Waals surface area contributed by atoms with Gasteiger partial charge >= 0.3 is 0 Å². The lowest BCUT2D eigenvalue weighted by molar-refractivity contribution is -0.383. The summed E-state index contributed by atoms with van der Waals surface area (Å²) in [5, 5.41) is 12.9. The fourth-order valence-electron chi connectivity index (χ4n) is 1.64. The number of nitrogen functional groups attached to an aromatic ring is 1. The zero-order chi connectivity index (χ0) is 15.6. The van der Waals surface area contributed by atoms with E-state index in [1.54, 1.807) is 0 Å². The van der Waals surface area contributed by atoms with E-state index in [1.165, 1.54) is 12.1 Å². The van der Waals surface area contributed by atoms with Gasteiger partial charge in [-0.3, -0.25) is 14.9 Å². The first kappa shape index (κ1) is 14.4. The van der Waals surface area contributed by atoms with Gasteiger partial charge in [0.25, 0.3) is 11.6 Å². The van der Waals surface area contributed by atoms with Crippen molar-refractivity contribution in [2.24, 2.45) is 0 Å². The molecule has 2 aromatic carbocycles. The predicted molar refractivity (Wildman–Crippen MR) is 71.8 cm³/mol. The van der Waals surface area contributed by atoms with Crippen molar-refractivity contribution in [3.05, 3.63) is 63.7 Å². The Kier molecular flexibility index (Phi) is 3.79. The minimum absolute atomic E-state index is 0.0517. The monoisotopic (exact) mass is 293 g/mol. The van der Waals surface area contributed by atoms with Crippen molar-refractivity contribution in [1.82, 2.24) is 0 Å². The number of nitrogens with two attached hydrogens (primary N) is 1. The number of nitro groups is 1. The first-order valence-corrected chi connectivity index (χ1v) is 5.69. The number of nitrogens with zero attached hydrogens (tertiary/aromatic N) is 1. The van der Waals surface area contributed by atoms with Crippen LogP contribution in [0.25, 0.3) is 0 Å². The molecular weight excluding hydrogens is 284 g/mol. The summed E-state index contributed by atoms with van der Waals surface area (Å²) < 4.78 is 25.8. The average Bonchev–Trinajstić information content (AvgIpc) is 2.42. The quantitative estimate of drug-likeness (QED) is 0.516. The Morgan fingerprint density at radius 2 is 1.86 bits per heavy atom. The van der Waals surface area contributed by atoms with Gasteiger partial charge in [0.1, 0.15) is 5.69 Å². The number of anilines is 2. The van der Waals surface area contributed by atoms with Gasteiger partial charge in [-0.05, 0) is 24.3 Å². The zero-order valence-electron chi connectivity index (χ0n) is 10.5. The van der Waals surface area contributed by atoms with Gasteiger partial charge in [0.05, 0.1) is 4.92 Å². The summed E-state index contributed by atoms with van der Waals surface area (Å²) in [5.41, 5.74) is 5.09. The molecule has 0 heterocycles. The summed E-state index contributed by atoms with van der Waals surface area (Å²) in [4.78, 5) is 21.8. The number of nitrogens with one attached hydrogen (secondary N) is 1. The summed E-state index contributed by atoms with van der Waals surface area (Å²) in [6, 6.07) is 6.31. The Balaban J connectivity index is 2.22. The molecule has 0 spiro atoms. The van der Waals surface area contributed by atoms with Gasteiger partial charge < -0.3 is 11.1 Å². The van der Waals surface area contributed by atoms with E-state index in [0.29, 0.717) is 0 Å². The fourth-order valence-corrected chi connectivity index (χ4v) is 1.64. The molecule has 1 amide bonds. The van der Waals surface area contributed by atoms with Crippen LogP contribution in [0, 0.1) is 21.7 Å². The minimum atomic E-state index is -1.10. The minimum Gasteiger partial charge on any atom is -0.393 e. The summed E-state index contributed by atoms with van der Waals surface area (Å²) in [5.74, 6) is -2.79. The number of carbonyl (C=O) groups excluding carboxylic acids is 1. The highest BCUT2D eigenvalue weighted by molar-refractivity contribution is 6.05. The lowest BCUT2D eigenvalue weighted by Crippen LogP contribution is -2.12. The van der Waals surface area contributed by atoms with Gasteiger partial charge in [0.2, 0.25) is 0 Å². The van der Waals surface area contributed by atoms with Crippen LogP contribution >= 0.6 is 0 Å². The largest absolute Gasteiger partial charge is 0.393 e. The summed E-state index contributed by atoms with van der Waals surface area (Å²) >= 11 is 0. The van der Waals surface area contributed by atoms with Gasteiger partial charge in [0.15, 0.2) is 11.6 Å². The van der Waals surface area contributed by atoms with Crippen molar-refractivity contribution in [2.75, 3.05) is 11.1 Å². The first-order valence-electron chi connectivity index (χ1n) is 5.69. The third-order valence-corrected chi connectivity index (χ3v) is 2.66. The highest BCUT2D eigenvalue weighted by Crippen LogP contribution is 2.23. The van der Waals surface area contributed by atoms with E-state index in [-0.39, 0.29) is 22.6 Å². The molecule has 0 aliphatic carbocycles. The van der Waals surface area contributed by atoms with Gasteiger partial charge in [-0.25, -0.2) is 8.78 Å². The molecule has 3 N–H and O–H groups in total. The summed E-state index contributed by atoms with van der Waals surface area (Å²) in [7, 11) is 0. The Labute approximate surface area is 117 Å². The molecular formula is C13H9F2N3O3. The van der Waals surface area contributed by atoms with Crippen LogP contribution in [-0.2, 0) is 0 Å². The summed E-state index contributed by atoms with van der Waals surface area (Å²) in [6.07, 6.45) is 0.